The molecule has 28 heavy (non-hydrogen) atoms. The van der Waals surface area contributed by atoms with E-state index in [9.17, 15) is 4.79 Å². The van der Waals surface area contributed by atoms with Gasteiger partial charge in [0, 0.05) is 11.1 Å². The quantitative estimate of drug-likeness (QED) is 0.474. The number of aryl methyl sites for hydroxylation is 1. The van der Waals surface area contributed by atoms with Crippen molar-refractivity contribution in [3.63, 3.8) is 0 Å². The number of hydrogen-bond acceptors (Lipinski definition) is 4. The van der Waals surface area contributed by atoms with Gasteiger partial charge in [-0.25, -0.2) is 9.79 Å². The van der Waals surface area contributed by atoms with Crippen molar-refractivity contribution in [2.75, 3.05) is 0 Å². The van der Waals surface area contributed by atoms with Crippen LogP contribution < -0.4 is 4.74 Å². The highest BCUT2D eigenvalue weighted by molar-refractivity contribution is 6.13. The zero-order chi connectivity index (χ0) is 19.3. The fourth-order valence-corrected chi connectivity index (χ4v) is 2.95. The Morgan fingerprint density at radius 1 is 0.929 bits per heavy atom. The maximum absolute atomic E-state index is 12.3. The number of rotatable bonds is 5. The molecule has 3 aromatic carbocycles. The van der Waals surface area contributed by atoms with E-state index in [2.05, 4.69) is 4.99 Å². The third-order valence-corrected chi connectivity index (χ3v) is 4.44. The summed E-state index contributed by atoms with van der Waals surface area (Å²) in [6, 6.07) is 25.2. The van der Waals surface area contributed by atoms with E-state index in [0.29, 0.717) is 18.3 Å². The number of carbonyl (C=O) groups excluding carboxylic acids is 1. The van der Waals surface area contributed by atoms with Crippen LogP contribution in [0.4, 0.5) is 0 Å². The fraction of sp³-hybridized carbons (Fsp3) is 0.0833. The van der Waals surface area contributed by atoms with E-state index in [-0.39, 0.29) is 5.70 Å². The molecule has 0 saturated heterocycles. The predicted molar refractivity (Wildman–Crippen MR) is 109 cm³/mol. The summed E-state index contributed by atoms with van der Waals surface area (Å²) in [6.07, 6.45) is 1.70. The van der Waals surface area contributed by atoms with E-state index in [1.807, 2.05) is 85.8 Å². The molecule has 0 atom stereocenters. The minimum atomic E-state index is -0.462. The Morgan fingerprint density at radius 3 is 2.46 bits per heavy atom. The predicted octanol–water partition coefficient (Wildman–Crippen LogP) is 4.92. The fourth-order valence-electron chi connectivity index (χ4n) is 2.95. The molecule has 0 fully saturated rings. The van der Waals surface area contributed by atoms with Gasteiger partial charge in [-0.15, -0.1) is 0 Å². The van der Waals surface area contributed by atoms with Gasteiger partial charge in [-0.05, 0) is 36.3 Å². The number of ether oxygens (including phenoxy) is 2. The lowest BCUT2D eigenvalue weighted by atomic mass is 10.1. The third-order valence-electron chi connectivity index (χ3n) is 4.44. The average molecular weight is 369 g/mol. The smallest absolute Gasteiger partial charge is 0.363 e. The highest BCUT2D eigenvalue weighted by Crippen LogP contribution is 2.26. The first-order chi connectivity index (χ1) is 13.7. The number of esters is 1. The van der Waals surface area contributed by atoms with Gasteiger partial charge in [0.15, 0.2) is 5.70 Å². The van der Waals surface area contributed by atoms with E-state index < -0.39 is 5.97 Å². The molecule has 0 amide bonds. The van der Waals surface area contributed by atoms with Crippen molar-refractivity contribution in [1.82, 2.24) is 0 Å². The number of carbonyl (C=O) groups is 1. The summed E-state index contributed by atoms with van der Waals surface area (Å²) in [6.45, 7) is 2.41. The van der Waals surface area contributed by atoms with Gasteiger partial charge in [-0.2, -0.15) is 0 Å². The number of hydrogen-bond donors (Lipinski definition) is 0. The van der Waals surface area contributed by atoms with Gasteiger partial charge >= 0.3 is 5.97 Å². The molecule has 0 radical (unpaired) electrons. The van der Waals surface area contributed by atoms with E-state index in [1.165, 1.54) is 0 Å². The maximum Gasteiger partial charge on any atom is 0.363 e. The maximum atomic E-state index is 12.3. The van der Waals surface area contributed by atoms with Crippen LogP contribution >= 0.6 is 0 Å². The SMILES string of the molecule is Cc1ccccc1C1=N/C(=C/c2ccccc2OCc2ccccc2)C(=O)O1. The summed E-state index contributed by atoms with van der Waals surface area (Å²) in [4.78, 5) is 16.7. The summed E-state index contributed by atoms with van der Waals surface area (Å²) < 4.78 is 11.3. The summed E-state index contributed by atoms with van der Waals surface area (Å²) in [5, 5.41) is 0. The second-order valence-electron chi connectivity index (χ2n) is 6.46. The number of para-hydroxylation sites is 1. The molecule has 0 aromatic heterocycles. The largest absolute Gasteiger partial charge is 0.488 e. The first-order valence-corrected chi connectivity index (χ1v) is 9.05. The van der Waals surface area contributed by atoms with Crippen molar-refractivity contribution in [1.29, 1.82) is 0 Å². The first kappa shape index (κ1) is 17.7. The molecule has 4 heteroatoms. The molecule has 138 valence electrons. The van der Waals surface area contributed by atoms with Crippen LogP contribution in [0.2, 0.25) is 0 Å². The Labute approximate surface area is 163 Å². The molecule has 0 unspecified atom stereocenters. The normalized spacial score (nSPS) is 14.7. The lowest BCUT2D eigenvalue weighted by molar-refractivity contribution is -0.129. The summed E-state index contributed by atoms with van der Waals surface area (Å²) in [7, 11) is 0. The first-order valence-electron chi connectivity index (χ1n) is 9.05. The molecule has 3 aromatic rings. The Kier molecular flexibility index (Phi) is 5.02. The van der Waals surface area contributed by atoms with Crippen molar-refractivity contribution in [2.45, 2.75) is 13.5 Å². The van der Waals surface area contributed by atoms with E-state index in [0.717, 1.165) is 22.3 Å². The van der Waals surface area contributed by atoms with E-state index >= 15 is 0 Å². The number of cyclic esters (lactones) is 1. The van der Waals surface area contributed by atoms with Crippen molar-refractivity contribution < 1.29 is 14.3 Å². The Bertz CT molecular complexity index is 1070. The van der Waals surface area contributed by atoms with Crippen LogP contribution in [0.5, 0.6) is 5.75 Å². The Hall–Kier alpha value is -3.66. The second-order valence-corrected chi connectivity index (χ2v) is 6.46. The Morgan fingerprint density at radius 2 is 1.64 bits per heavy atom. The highest BCUT2D eigenvalue weighted by Gasteiger charge is 2.25. The lowest BCUT2D eigenvalue weighted by Gasteiger charge is -2.09. The van der Waals surface area contributed by atoms with Gasteiger partial charge in [-0.3, -0.25) is 0 Å². The second kappa shape index (κ2) is 7.92. The van der Waals surface area contributed by atoms with Crippen molar-refractivity contribution in [3.05, 3.63) is 107 Å². The number of aliphatic imine (C=N–C) groups is 1. The molecule has 0 saturated carbocycles. The monoisotopic (exact) mass is 369 g/mol. The van der Waals surface area contributed by atoms with Crippen molar-refractivity contribution in [3.8, 4) is 5.75 Å². The molecule has 4 nitrogen and oxygen atoms in total. The van der Waals surface area contributed by atoms with Crippen LogP contribution in [-0.4, -0.2) is 11.9 Å². The van der Waals surface area contributed by atoms with E-state index in [4.69, 9.17) is 9.47 Å². The summed E-state index contributed by atoms with van der Waals surface area (Å²) in [5.41, 5.74) is 3.93. The average Bonchev–Trinajstić information content (AvgIpc) is 3.08. The van der Waals surface area contributed by atoms with Crippen molar-refractivity contribution in [2.24, 2.45) is 4.99 Å². The van der Waals surface area contributed by atoms with Crippen LogP contribution in [0.3, 0.4) is 0 Å². The van der Waals surface area contributed by atoms with Crippen LogP contribution in [0.15, 0.2) is 89.6 Å². The molecular formula is C24H19NO3. The molecule has 0 N–H and O–H groups in total. The molecule has 1 aliphatic heterocycles. The molecular weight excluding hydrogens is 350 g/mol. The van der Waals surface area contributed by atoms with Crippen LogP contribution in [-0.2, 0) is 16.1 Å². The van der Waals surface area contributed by atoms with Crippen LogP contribution in [0, 0.1) is 6.92 Å². The van der Waals surface area contributed by atoms with Gasteiger partial charge in [-0.1, -0.05) is 66.7 Å². The molecule has 1 heterocycles. The molecule has 0 bridgehead atoms. The summed E-state index contributed by atoms with van der Waals surface area (Å²) >= 11 is 0. The molecule has 4 rings (SSSR count). The number of nitrogens with zero attached hydrogens (tertiary/aromatic N) is 1. The zero-order valence-electron chi connectivity index (χ0n) is 15.5. The minimum absolute atomic E-state index is 0.258. The highest BCUT2D eigenvalue weighted by atomic mass is 16.6. The Balaban J connectivity index is 1.60. The minimum Gasteiger partial charge on any atom is -0.488 e. The molecule has 0 aliphatic carbocycles. The van der Waals surface area contributed by atoms with Gasteiger partial charge in [0.2, 0.25) is 5.90 Å². The third kappa shape index (κ3) is 3.86. The molecule has 1 aliphatic rings. The lowest BCUT2D eigenvalue weighted by Crippen LogP contribution is -2.06. The molecule has 0 spiro atoms. The zero-order valence-corrected chi connectivity index (χ0v) is 15.5. The van der Waals surface area contributed by atoms with Gasteiger partial charge in [0.05, 0.1) is 0 Å². The number of benzene rings is 3. The summed E-state index contributed by atoms with van der Waals surface area (Å²) in [5.74, 6) is 0.555. The van der Waals surface area contributed by atoms with Crippen LogP contribution in [0.25, 0.3) is 6.08 Å². The van der Waals surface area contributed by atoms with Crippen molar-refractivity contribution >= 4 is 17.9 Å². The topological polar surface area (TPSA) is 47.9 Å². The van der Waals surface area contributed by atoms with Gasteiger partial charge < -0.3 is 9.47 Å². The standard InChI is InChI=1S/C24H19NO3/c1-17-9-5-7-13-20(17)23-25-21(24(26)28-23)15-19-12-6-8-14-22(19)27-16-18-10-3-2-4-11-18/h2-15H,16H2,1H3/b21-15+. The van der Waals surface area contributed by atoms with Crippen LogP contribution in [0.1, 0.15) is 22.3 Å². The van der Waals surface area contributed by atoms with Gasteiger partial charge in [0.1, 0.15) is 12.4 Å². The van der Waals surface area contributed by atoms with E-state index in [1.54, 1.807) is 6.08 Å². The van der Waals surface area contributed by atoms with Gasteiger partial charge in [0.25, 0.3) is 0 Å².